The van der Waals surface area contributed by atoms with Crippen LogP contribution in [0.5, 0.6) is 0 Å². The third kappa shape index (κ3) is 5.00. The maximum atomic E-state index is 9.50. The highest BCUT2D eigenvalue weighted by atomic mass is 19.1. The van der Waals surface area contributed by atoms with Gasteiger partial charge in [-0.2, -0.15) is 5.10 Å². The van der Waals surface area contributed by atoms with Gasteiger partial charge in [0.25, 0.3) is 0 Å². The first-order chi connectivity index (χ1) is 15.1. The predicted octanol–water partition coefficient (Wildman–Crippen LogP) is 3.72. The molecular weight excluding hydrogens is 393 g/mol. The second-order valence-corrected chi connectivity index (χ2v) is 8.37. The van der Waals surface area contributed by atoms with E-state index in [0.717, 1.165) is 44.6 Å². The molecule has 0 aliphatic carbocycles. The Bertz CT molecular complexity index is 847. The van der Waals surface area contributed by atoms with E-state index in [4.69, 9.17) is 10.5 Å². The molecule has 4 rings (SSSR count). The monoisotopic (exact) mass is 429 g/mol. The first kappa shape index (κ1) is 23.4. The number of halogens is 1. The zero-order valence-corrected chi connectivity index (χ0v) is 18.9. The number of rotatable bonds is 6. The summed E-state index contributed by atoms with van der Waals surface area (Å²) >= 11 is 0. The van der Waals surface area contributed by atoms with Crippen molar-refractivity contribution in [3.8, 4) is 0 Å². The summed E-state index contributed by atoms with van der Waals surface area (Å²) in [5, 5.41) is 12.4. The van der Waals surface area contributed by atoms with Crippen LogP contribution >= 0.6 is 0 Å². The molecule has 170 valence electrons. The van der Waals surface area contributed by atoms with Crippen molar-refractivity contribution in [3.63, 3.8) is 0 Å². The molecule has 0 radical (unpaired) electrons. The molecule has 0 saturated carbocycles. The quantitative estimate of drug-likeness (QED) is 0.652. The highest BCUT2D eigenvalue weighted by Crippen LogP contribution is 2.46. The molecule has 1 saturated heterocycles. The number of benzene rings is 1. The van der Waals surface area contributed by atoms with E-state index in [2.05, 4.69) is 59.2 Å². The number of anilines is 1. The Morgan fingerprint density at radius 2 is 1.97 bits per heavy atom. The molecule has 1 fully saturated rings. The van der Waals surface area contributed by atoms with Crippen LogP contribution in [0.25, 0.3) is 0 Å². The Kier molecular flexibility index (Phi) is 8.23. The van der Waals surface area contributed by atoms with Crippen LogP contribution in [0, 0.1) is 5.92 Å². The lowest BCUT2D eigenvalue weighted by Gasteiger charge is -2.50. The van der Waals surface area contributed by atoms with Crippen LogP contribution in [0.2, 0.25) is 0 Å². The minimum atomic E-state index is -0.323. The first-order valence-electron chi connectivity index (χ1n) is 11.1. The van der Waals surface area contributed by atoms with Crippen molar-refractivity contribution in [1.29, 1.82) is 0 Å². The second-order valence-electron chi connectivity index (χ2n) is 8.37. The minimum Gasteiger partial charge on any atom is -0.381 e. The number of aryl methyl sites for hydroxylation is 1. The van der Waals surface area contributed by atoms with Crippen LogP contribution in [0.15, 0.2) is 54.0 Å². The Labute approximate surface area is 185 Å². The molecule has 6 nitrogen and oxygen atoms in total. The van der Waals surface area contributed by atoms with E-state index >= 15 is 0 Å². The summed E-state index contributed by atoms with van der Waals surface area (Å²) in [6.45, 7) is 4.55. The fourth-order valence-corrected chi connectivity index (χ4v) is 5.04. The van der Waals surface area contributed by atoms with E-state index < -0.39 is 0 Å². The van der Waals surface area contributed by atoms with Gasteiger partial charge in [0.1, 0.15) is 0 Å². The van der Waals surface area contributed by atoms with Crippen molar-refractivity contribution in [2.24, 2.45) is 18.7 Å². The van der Waals surface area contributed by atoms with Gasteiger partial charge in [-0.05, 0) is 57.2 Å². The second kappa shape index (κ2) is 10.9. The molecule has 2 aromatic rings. The normalized spacial score (nSPS) is 24.5. The smallest absolute Gasteiger partial charge is 0.0904 e. The van der Waals surface area contributed by atoms with E-state index in [1.165, 1.54) is 16.8 Å². The molecule has 3 heterocycles. The van der Waals surface area contributed by atoms with Gasteiger partial charge < -0.3 is 15.8 Å². The van der Waals surface area contributed by atoms with Crippen molar-refractivity contribution in [1.82, 2.24) is 15.1 Å². The third-order valence-electron chi connectivity index (χ3n) is 6.36. The van der Waals surface area contributed by atoms with Crippen LogP contribution in [-0.2, 0) is 17.3 Å². The molecule has 0 amide bonds. The molecule has 4 N–H and O–H groups in total. The van der Waals surface area contributed by atoms with Crippen LogP contribution in [0.1, 0.15) is 38.2 Å². The highest BCUT2D eigenvalue weighted by Gasteiger charge is 2.49. The number of aromatic nitrogens is 2. The average molecular weight is 430 g/mol. The van der Waals surface area contributed by atoms with Crippen molar-refractivity contribution in [3.05, 3.63) is 59.6 Å². The summed E-state index contributed by atoms with van der Waals surface area (Å²) in [6.07, 6.45) is 8.17. The molecule has 1 aromatic carbocycles. The fourth-order valence-electron chi connectivity index (χ4n) is 5.04. The molecule has 31 heavy (non-hydrogen) atoms. The number of nitrogens with two attached hydrogens (primary N) is 1. The third-order valence-corrected chi connectivity index (χ3v) is 6.36. The molecule has 2 atom stereocenters. The van der Waals surface area contributed by atoms with E-state index in [1.807, 2.05) is 17.9 Å². The molecular formula is C24H36FN5O. The molecule has 0 spiro atoms. The summed E-state index contributed by atoms with van der Waals surface area (Å²) in [4.78, 5) is 0. The van der Waals surface area contributed by atoms with E-state index in [1.54, 1.807) is 0 Å². The fraction of sp³-hybridized carbons (Fsp3) is 0.542. The average Bonchev–Trinajstić information content (AvgIpc) is 3.25. The Balaban J connectivity index is 0.00000132. The van der Waals surface area contributed by atoms with Crippen molar-refractivity contribution < 1.29 is 9.13 Å². The number of hydrogen-bond acceptors (Lipinski definition) is 5. The first-order valence-corrected chi connectivity index (χ1v) is 11.1. The van der Waals surface area contributed by atoms with Crippen LogP contribution in [0.4, 0.5) is 10.1 Å². The van der Waals surface area contributed by atoms with Gasteiger partial charge in [0, 0.05) is 49.4 Å². The summed E-state index contributed by atoms with van der Waals surface area (Å²) < 4.78 is 17.1. The molecule has 7 heteroatoms. The van der Waals surface area contributed by atoms with Crippen molar-refractivity contribution in [2.45, 2.75) is 44.2 Å². The molecule has 2 aliphatic heterocycles. The van der Waals surface area contributed by atoms with Crippen LogP contribution in [0.3, 0.4) is 0 Å². The van der Waals surface area contributed by atoms with Crippen LogP contribution < -0.4 is 16.4 Å². The summed E-state index contributed by atoms with van der Waals surface area (Å²) in [5.41, 5.74) is 10.6. The topological polar surface area (TPSA) is 77.1 Å². The Morgan fingerprint density at radius 1 is 1.26 bits per heavy atom. The lowest BCUT2D eigenvalue weighted by molar-refractivity contribution is 0.0304. The SMILES string of the molecule is CC1=C(Nc2ccccc2)C(c2cnn(C)c2)(C2CCOCC2)N[C@@H](CCN)C1.CF. The summed E-state index contributed by atoms with van der Waals surface area (Å²) in [5.74, 6) is 0.419. The highest BCUT2D eigenvalue weighted by molar-refractivity contribution is 5.55. The Hall–Kier alpha value is -2.22. The zero-order valence-electron chi connectivity index (χ0n) is 18.9. The van der Waals surface area contributed by atoms with Gasteiger partial charge in [0.05, 0.1) is 18.9 Å². The maximum Gasteiger partial charge on any atom is 0.0904 e. The van der Waals surface area contributed by atoms with Gasteiger partial charge in [-0.25, -0.2) is 0 Å². The number of ether oxygens (including phenoxy) is 1. The number of alkyl halides is 1. The number of nitrogens with one attached hydrogen (secondary N) is 2. The van der Waals surface area contributed by atoms with Gasteiger partial charge in [-0.15, -0.1) is 0 Å². The van der Waals surface area contributed by atoms with Crippen LogP contribution in [-0.4, -0.2) is 42.8 Å². The zero-order chi connectivity index (χ0) is 22.3. The summed E-state index contributed by atoms with van der Waals surface area (Å²) in [6, 6.07) is 10.8. The number of hydrogen-bond donors (Lipinski definition) is 3. The molecule has 2 aliphatic rings. The van der Waals surface area contributed by atoms with E-state index in [0.29, 0.717) is 25.7 Å². The largest absolute Gasteiger partial charge is 0.381 e. The Morgan fingerprint density at radius 3 is 2.58 bits per heavy atom. The minimum absolute atomic E-state index is 0.323. The lowest BCUT2D eigenvalue weighted by Crippen LogP contribution is -2.59. The molecule has 1 aromatic heterocycles. The lowest BCUT2D eigenvalue weighted by atomic mass is 9.68. The van der Waals surface area contributed by atoms with Gasteiger partial charge in [-0.3, -0.25) is 14.4 Å². The van der Waals surface area contributed by atoms with Gasteiger partial charge >= 0.3 is 0 Å². The molecule has 0 bridgehead atoms. The van der Waals surface area contributed by atoms with Crippen molar-refractivity contribution >= 4 is 5.69 Å². The standard InChI is InChI=1S/C23H33N5O.CH3F/c1-17-14-21(8-11-24)27-23(18-9-12-29-13-10-18,19-15-25-28(2)16-19)22(17)26-20-6-4-3-5-7-20;1-2/h3-7,15-16,18,21,26-27H,8-14,24H2,1-2H3;1H3/t21-,23?;/m0./s1. The number of para-hydroxylation sites is 1. The van der Waals surface area contributed by atoms with Gasteiger partial charge in [0.2, 0.25) is 0 Å². The van der Waals surface area contributed by atoms with Crippen molar-refractivity contribution in [2.75, 3.05) is 32.3 Å². The summed E-state index contributed by atoms with van der Waals surface area (Å²) in [7, 11) is 2.49. The van der Waals surface area contributed by atoms with E-state index in [9.17, 15) is 4.39 Å². The van der Waals surface area contributed by atoms with Gasteiger partial charge in [-0.1, -0.05) is 23.8 Å². The van der Waals surface area contributed by atoms with E-state index in [-0.39, 0.29) is 5.54 Å². The van der Waals surface area contributed by atoms with Gasteiger partial charge in [0.15, 0.2) is 0 Å². The predicted molar refractivity (Wildman–Crippen MR) is 123 cm³/mol. The molecule has 1 unspecified atom stereocenters. The maximum absolute atomic E-state index is 9.50. The number of nitrogens with zero attached hydrogens (tertiary/aromatic N) is 2.